The first kappa shape index (κ1) is 13.4. The second-order valence-corrected chi connectivity index (χ2v) is 5.82. The third-order valence-corrected chi connectivity index (χ3v) is 3.76. The Morgan fingerprint density at radius 2 is 1.94 bits per heavy atom. The number of hydrogen-bond donors (Lipinski definition) is 1. The van der Waals surface area contributed by atoms with Gasteiger partial charge in [-0.2, -0.15) is 0 Å². The molecule has 0 bridgehead atoms. The highest BCUT2D eigenvalue weighted by molar-refractivity contribution is 7.80. The minimum atomic E-state index is -0.267. The molecule has 4 heteroatoms. The normalized spacial score (nSPS) is 21.6. The largest absolute Gasteiger partial charge is 0.393 e. The van der Waals surface area contributed by atoms with Gasteiger partial charge in [-0.05, 0) is 24.7 Å². The van der Waals surface area contributed by atoms with Crippen LogP contribution in [-0.2, 0) is 4.79 Å². The highest BCUT2D eigenvalue weighted by Crippen LogP contribution is 2.30. The summed E-state index contributed by atoms with van der Waals surface area (Å²) >= 11 is 4.94. The molecule has 1 amide bonds. The van der Waals surface area contributed by atoms with Gasteiger partial charge in [0.05, 0.1) is 10.9 Å². The van der Waals surface area contributed by atoms with Gasteiger partial charge in [-0.25, -0.2) is 0 Å². The smallest absolute Gasteiger partial charge is 0.232 e. The summed E-state index contributed by atoms with van der Waals surface area (Å²) in [6, 6.07) is 0. The van der Waals surface area contributed by atoms with E-state index in [-0.39, 0.29) is 11.8 Å². The van der Waals surface area contributed by atoms with Crippen molar-refractivity contribution in [3.8, 4) is 0 Å². The Morgan fingerprint density at radius 3 is 2.31 bits per heavy atom. The van der Waals surface area contributed by atoms with Crippen LogP contribution in [0.4, 0.5) is 0 Å². The van der Waals surface area contributed by atoms with Gasteiger partial charge < -0.3 is 10.6 Å². The summed E-state index contributed by atoms with van der Waals surface area (Å²) in [5, 5.41) is 0. The van der Waals surface area contributed by atoms with Crippen LogP contribution in [0.1, 0.15) is 40.0 Å². The van der Waals surface area contributed by atoms with Crippen LogP contribution in [0.2, 0.25) is 0 Å². The Balaban J connectivity index is 2.59. The number of likely N-dealkylation sites (tertiary alicyclic amines) is 1. The SMILES string of the molecule is CCC(C(=O)N1CCC(C)(C)CC1)C(N)=S. The number of nitrogens with zero attached hydrogens (tertiary/aromatic N) is 1. The quantitative estimate of drug-likeness (QED) is 0.769. The summed E-state index contributed by atoms with van der Waals surface area (Å²) in [6.45, 7) is 8.13. The lowest BCUT2D eigenvalue weighted by atomic mass is 9.82. The average molecular weight is 242 g/mol. The van der Waals surface area contributed by atoms with Crippen molar-refractivity contribution in [3.05, 3.63) is 0 Å². The molecule has 0 saturated carbocycles. The van der Waals surface area contributed by atoms with Crippen LogP contribution in [-0.4, -0.2) is 28.9 Å². The lowest BCUT2D eigenvalue weighted by Gasteiger charge is -2.38. The van der Waals surface area contributed by atoms with Crippen molar-refractivity contribution in [1.29, 1.82) is 0 Å². The molecule has 0 aromatic heterocycles. The zero-order valence-corrected chi connectivity index (χ0v) is 11.3. The van der Waals surface area contributed by atoms with Crippen LogP contribution >= 0.6 is 12.2 Å². The van der Waals surface area contributed by atoms with Crippen LogP contribution in [0.15, 0.2) is 0 Å². The molecule has 1 saturated heterocycles. The van der Waals surface area contributed by atoms with Crippen molar-refractivity contribution < 1.29 is 4.79 Å². The highest BCUT2D eigenvalue weighted by atomic mass is 32.1. The van der Waals surface area contributed by atoms with Gasteiger partial charge in [-0.15, -0.1) is 0 Å². The fraction of sp³-hybridized carbons (Fsp3) is 0.833. The van der Waals surface area contributed by atoms with Crippen molar-refractivity contribution in [1.82, 2.24) is 4.90 Å². The molecule has 0 aliphatic carbocycles. The minimum Gasteiger partial charge on any atom is -0.393 e. The molecule has 1 heterocycles. The molecule has 1 rings (SSSR count). The molecule has 16 heavy (non-hydrogen) atoms. The molecular formula is C12H22N2OS. The molecule has 1 unspecified atom stereocenters. The second kappa shape index (κ2) is 5.13. The number of nitrogens with two attached hydrogens (primary N) is 1. The molecule has 0 aromatic carbocycles. The van der Waals surface area contributed by atoms with Gasteiger partial charge in [0.2, 0.25) is 5.91 Å². The molecule has 92 valence electrons. The van der Waals surface area contributed by atoms with Gasteiger partial charge in [0.15, 0.2) is 0 Å². The molecule has 1 atom stereocenters. The second-order valence-electron chi connectivity index (χ2n) is 5.35. The van der Waals surface area contributed by atoms with Crippen molar-refractivity contribution in [3.63, 3.8) is 0 Å². The van der Waals surface area contributed by atoms with E-state index in [9.17, 15) is 4.79 Å². The lowest BCUT2D eigenvalue weighted by molar-refractivity contribution is -0.135. The number of carbonyl (C=O) groups excluding carboxylic acids is 1. The molecule has 3 nitrogen and oxygen atoms in total. The van der Waals surface area contributed by atoms with Gasteiger partial charge in [0, 0.05) is 13.1 Å². The fourth-order valence-electron chi connectivity index (χ4n) is 2.05. The Hall–Kier alpha value is -0.640. The van der Waals surface area contributed by atoms with Gasteiger partial charge in [-0.3, -0.25) is 4.79 Å². The van der Waals surface area contributed by atoms with E-state index >= 15 is 0 Å². The maximum atomic E-state index is 12.1. The molecule has 2 N–H and O–H groups in total. The molecule has 1 fully saturated rings. The van der Waals surface area contributed by atoms with E-state index in [0.29, 0.717) is 16.8 Å². The summed E-state index contributed by atoms with van der Waals surface area (Å²) in [6.07, 6.45) is 2.83. The number of rotatable bonds is 3. The van der Waals surface area contributed by atoms with Crippen LogP contribution in [0.3, 0.4) is 0 Å². The number of amides is 1. The molecule has 0 aromatic rings. The third-order valence-electron chi connectivity index (χ3n) is 3.48. The van der Waals surface area contributed by atoms with E-state index in [4.69, 9.17) is 18.0 Å². The van der Waals surface area contributed by atoms with Crippen molar-refractivity contribution in [2.24, 2.45) is 17.1 Å². The fourth-order valence-corrected chi connectivity index (χ4v) is 2.32. The van der Waals surface area contributed by atoms with E-state index in [1.54, 1.807) is 0 Å². The predicted octanol–water partition coefficient (Wildman–Crippen LogP) is 1.95. The Morgan fingerprint density at radius 1 is 1.44 bits per heavy atom. The first-order valence-electron chi connectivity index (χ1n) is 5.95. The first-order chi connectivity index (χ1) is 7.37. The van der Waals surface area contributed by atoms with Crippen LogP contribution in [0, 0.1) is 11.3 Å². The standard InChI is InChI=1S/C12H22N2OS/c1-4-9(10(13)16)11(15)14-7-5-12(2,3)6-8-14/h9H,4-8H2,1-3H3,(H2,13,16). The Labute approximate surface area is 103 Å². The number of piperidine rings is 1. The van der Waals surface area contributed by atoms with Gasteiger partial charge in [-0.1, -0.05) is 33.0 Å². The van der Waals surface area contributed by atoms with Crippen LogP contribution < -0.4 is 5.73 Å². The average Bonchev–Trinajstić information content (AvgIpc) is 2.17. The van der Waals surface area contributed by atoms with Crippen LogP contribution in [0.25, 0.3) is 0 Å². The summed E-state index contributed by atoms with van der Waals surface area (Å²) in [7, 11) is 0. The number of hydrogen-bond acceptors (Lipinski definition) is 2. The molecule has 0 radical (unpaired) electrons. The molecule has 1 aliphatic heterocycles. The van der Waals surface area contributed by atoms with Crippen molar-refractivity contribution >= 4 is 23.1 Å². The summed E-state index contributed by atoms with van der Waals surface area (Å²) in [5.41, 5.74) is 5.95. The lowest BCUT2D eigenvalue weighted by Crippen LogP contribution is -2.46. The van der Waals surface area contributed by atoms with E-state index in [1.807, 2.05) is 11.8 Å². The van der Waals surface area contributed by atoms with Gasteiger partial charge >= 0.3 is 0 Å². The topological polar surface area (TPSA) is 46.3 Å². The maximum Gasteiger partial charge on any atom is 0.232 e. The third kappa shape index (κ3) is 3.17. The molecule has 1 aliphatic rings. The summed E-state index contributed by atoms with van der Waals surface area (Å²) in [5.74, 6) is -0.151. The van der Waals surface area contributed by atoms with E-state index in [2.05, 4.69) is 13.8 Å². The van der Waals surface area contributed by atoms with E-state index < -0.39 is 0 Å². The van der Waals surface area contributed by atoms with Gasteiger partial charge in [0.25, 0.3) is 0 Å². The van der Waals surface area contributed by atoms with Crippen molar-refractivity contribution in [2.75, 3.05) is 13.1 Å². The Bertz CT molecular complexity index is 279. The van der Waals surface area contributed by atoms with E-state index in [1.165, 1.54) is 0 Å². The summed E-state index contributed by atoms with van der Waals surface area (Å²) in [4.78, 5) is 14.4. The molecule has 0 spiro atoms. The summed E-state index contributed by atoms with van der Waals surface area (Å²) < 4.78 is 0. The van der Waals surface area contributed by atoms with E-state index in [0.717, 1.165) is 25.9 Å². The maximum absolute atomic E-state index is 12.1. The van der Waals surface area contributed by atoms with Gasteiger partial charge in [0.1, 0.15) is 0 Å². The van der Waals surface area contributed by atoms with Crippen LogP contribution in [0.5, 0.6) is 0 Å². The number of carbonyl (C=O) groups is 1. The predicted molar refractivity (Wildman–Crippen MR) is 70.2 cm³/mol. The minimum absolute atomic E-state index is 0.116. The monoisotopic (exact) mass is 242 g/mol. The molecular weight excluding hydrogens is 220 g/mol. The first-order valence-corrected chi connectivity index (χ1v) is 6.36. The number of thiocarbonyl (C=S) groups is 1. The zero-order valence-electron chi connectivity index (χ0n) is 10.5. The van der Waals surface area contributed by atoms with Crippen molar-refractivity contribution in [2.45, 2.75) is 40.0 Å². The zero-order chi connectivity index (χ0) is 12.3. The Kier molecular flexibility index (Phi) is 4.30. The highest BCUT2D eigenvalue weighted by Gasteiger charge is 2.31.